The molecule has 176 valence electrons. The normalized spacial score (nSPS) is 14.9. The van der Waals surface area contributed by atoms with Gasteiger partial charge in [0.05, 0.1) is 35.1 Å². The van der Waals surface area contributed by atoms with Gasteiger partial charge in [0.15, 0.2) is 0 Å². The van der Waals surface area contributed by atoms with Crippen molar-refractivity contribution >= 4 is 17.3 Å². The Morgan fingerprint density at radius 1 is 1.09 bits per heavy atom. The van der Waals surface area contributed by atoms with Crippen molar-refractivity contribution in [2.45, 2.75) is 12.6 Å². The Bertz CT molecular complexity index is 1170. The summed E-state index contributed by atoms with van der Waals surface area (Å²) in [7, 11) is 0. The summed E-state index contributed by atoms with van der Waals surface area (Å²) in [5, 5.41) is 15.5. The van der Waals surface area contributed by atoms with Crippen molar-refractivity contribution < 1.29 is 18.0 Å². The Morgan fingerprint density at radius 2 is 1.88 bits per heavy atom. The maximum absolute atomic E-state index is 13.2. The van der Waals surface area contributed by atoms with Crippen LogP contribution in [0.15, 0.2) is 55.1 Å². The molecule has 3 aromatic rings. The first-order valence-corrected chi connectivity index (χ1v) is 10.7. The van der Waals surface area contributed by atoms with Crippen LogP contribution in [0, 0.1) is 11.3 Å². The summed E-state index contributed by atoms with van der Waals surface area (Å²) in [6.45, 7) is 2.83. The average Bonchev–Trinajstić information content (AvgIpc) is 3.25. The van der Waals surface area contributed by atoms with E-state index in [9.17, 15) is 18.0 Å². The van der Waals surface area contributed by atoms with Gasteiger partial charge < -0.3 is 10.2 Å². The number of halogens is 3. The zero-order valence-electron chi connectivity index (χ0n) is 18.2. The Balaban J connectivity index is 1.43. The first-order valence-electron chi connectivity index (χ1n) is 10.7. The fourth-order valence-electron chi connectivity index (χ4n) is 3.87. The quantitative estimate of drug-likeness (QED) is 0.617. The molecule has 1 saturated heterocycles. The monoisotopic (exact) mass is 469 g/mol. The molecule has 0 saturated carbocycles. The summed E-state index contributed by atoms with van der Waals surface area (Å²) >= 11 is 0. The van der Waals surface area contributed by atoms with Crippen LogP contribution in [0.25, 0.3) is 5.69 Å². The number of hydrogen-bond acceptors (Lipinski definition) is 6. The Kier molecular flexibility index (Phi) is 6.79. The smallest absolute Gasteiger partial charge is 0.370 e. The number of nitrogens with zero attached hydrogens (tertiary/aromatic N) is 6. The van der Waals surface area contributed by atoms with Gasteiger partial charge in [0.25, 0.3) is 0 Å². The number of rotatable bonds is 5. The number of alkyl halides is 3. The van der Waals surface area contributed by atoms with Crippen molar-refractivity contribution in [2.75, 3.05) is 42.9 Å². The number of nitrogens with one attached hydrogen (secondary N) is 1. The number of nitriles is 1. The second-order valence-corrected chi connectivity index (χ2v) is 7.89. The van der Waals surface area contributed by atoms with Gasteiger partial charge in [-0.05, 0) is 48.9 Å². The van der Waals surface area contributed by atoms with Gasteiger partial charge in [0, 0.05) is 31.9 Å². The van der Waals surface area contributed by atoms with E-state index in [1.54, 1.807) is 12.1 Å². The van der Waals surface area contributed by atoms with E-state index in [2.05, 4.69) is 26.4 Å². The molecule has 0 spiro atoms. The van der Waals surface area contributed by atoms with Gasteiger partial charge in [-0.25, -0.2) is 9.67 Å². The molecule has 0 radical (unpaired) electrons. The highest BCUT2D eigenvalue weighted by atomic mass is 19.4. The van der Waals surface area contributed by atoms with Crippen molar-refractivity contribution in [1.82, 2.24) is 19.7 Å². The zero-order valence-corrected chi connectivity index (χ0v) is 18.2. The molecule has 2 heterocycles. The van der Waals surface area contributed by atoms with Gasteiger partial charge in [0.2, 0.25) is 5.91 Å². The lowest BCUT2D eigenvalue weighted by Crippen LogP contribution is -2.36. The molecule has 1 N–H and O–H groups in total. The predicted octanol–water partition coefficient (Wildman–Crippen LogP) is 3.31. The number of benzene rings is 2. The van der Waals surface area contributed by atoms with Crippen LogP contribution >= 0.6 is 0 Å². The van der Waals surface area contributed by atoms with E-state index in [1.165, 1.54) is 23.4 Å². The molecule has 4 rings (SSSR count). The van der Waals surface area contributed by atoms with Crippen molar-refractivity contribution in [1.29, 1.82) is 5.26 Å². The van der Waals surface area contributed by atoms with Gasteiger partial charge >= 0.3 is 6.18 Å². The van der Waals surface area contributed by atoms with Crippen molar-refractivity contribution in [3.05, 3.63) is 66.2 Å². The molecular formula is C23H22F3N7O. The summed E-state index contributed by atoms with van der Waals surface area (Å²) in [4.78, 5) is 20.8. The Labute approximate surface area is 194 Å². The zero-order chi connectivity index (χ0) is 24.1. The highest BCUT2D eigenvalue weighted by molar-refractivity contribution is 5.94. The molecule has 2 aromatic carbocycles. The minimum atomic E-state index is -4.54. The van der Waals surface area contributed by atoms with Crippen LogP contribution in [0.5, 0.6) is 0 Å². The van der Waals surface area contributed by atoms with Crippen LogP contribution in [0.1, 0.15) is 17.5 Å². The van der Waals surface area contributed by atoms with Gasteiger partial charge in [-0.3, -0.25) is 9.69 Å². The molecule has 1 aromatic heterocycles. The minimum absolute atomic E-state index is 0.0133. The molecule has 34 heavy (non-hydrogen) atoms. The fourth-order valence-corrected chi connectivity index (χ4v) is 3.87. The van der Waals surface area contributed by atoms with E-state index >= 15 is 0 Å². The second-order valence-electron chi connectivity index (χ2n) is 7.89. The minimum Gasteiger partial charge on any atom is -0.370 e. The van der Waals surface area contributed by atoms with Gasteiger partial charge in [-0.2, -0.15) is 23.5 Å². The van der Waals surface area contributed by atoms with E-state index in [0.717, 1.165) is 30.8 Å². The maximum atomic E-state index is 13.2. The molecular weight excluding hydrogens is 447 g/mol. The highest BCUT2D eigenvalue weighted by Gasteiger charge is 2.31. The first-order chi connectivity index (χ1) is 16.3. The molecule has 1 fully saturated rings. The van der Waals surface area contributed by atoms with Crippen LogP contribution in [0.4, 0.5) is 24.5 Å². The van der Waals surface area contributed by atoms with E-state index in [0.29, 0.717) is 30.9 Å². The van der Waals surface area contributed by atoms with Crippen LogP contribution < -0.4 is 10.2 Å². The lowest BCUT2D eigenvalue weighted by Gasteiger charge is -2.23. The van der Waals surface area contributed by atoms with Crippen molar-refractivity contribution in [3.63, 3.8) is 0 Å². The van der Waals surface area contributed by atoms with Gasteiger partial charge in [-0.15, -0.1) is 0 Å². The number of carbonyl (C=O) groups excluding carboxylic acids is 1. The molecule has 1 amide bonds. The fraction of sp³-hybridized carbons (Fsp3) is 0.304. The molecule has 0 atom stereocenters. The molecule has 0 aliphatic carbocycles. The van der Waals surface area contributed by atoms with Gasteiger partial charge in [-0.1, -0.05) is 0 Å². The summed E-state index contributed by atoms with van der Waals surface area (Å²) < 4.78 is 41.0. The van der Waals surface area contributed by atoms with Crippen LogP contribution in [0.3, 0.4) is 0 Å². The first kappa shape index (κ1) is 23.3. The molecule has 1 aliphatic rings. The average molecular weight is 469 g/mol. The summed E-state index contributed by atoms with van der Waals surface area (Å²) in [6.07, 6.45) is -1.11. The number of amides is 1. The third-order valence-corrected chi connectivity index (χ3v) is 5.58. The maximum Gasteiger partial charge on any atom is 0.416 e. The van der Waals surface area contributed by atoms with Crippen molar-refractivity contribution in [3.8, 4) is 11.8 Å². The number of carbonyl (C=O) groups is 1. The summed E-state index contributed by atoms with van der Waals surface area (Å²) in [5.41, 5.74) is 1.05. The molecule has 0 unspecified atom stereocenters. The Hall–Kier alpha value is -3.91. The SMILES string of the molecule is N#Cc1ccc(N2CCCN(CC(=O)Nc3cc(C(F)(F)F)ccc3-n3cncn3)CC2)cc1. The number of hydrogen-bond donors (Lipinski definition) is 1. The standard InChI is InChI=1S/C23H22F3N7O/c24-23(25,26)18-4-7-21(33-16-28-15-29-33)20(12-18)30-22(34)14-31-8-1-9-32(11-10-31)19-5-2-17(13-27)3-6-19/h2-7,12,15-16H,1,8-11,14H2,(H,30,34). The predicted molar refractivity (Wildman–Crippen MR) is 119 cm³/mol. The third kappa shape index (κ3) is 5.52. The molecule has 8 nitrogen and oxygen atoms in total. The summed E-state index contributed by atoms with van der Waals surface area (Å²) in [5.74, 6) is -0.410. The number of anilines is 2. The molecule has 0 bridgehead atoms. The van der Waals surface area contributed by atoms with E-state index in [1.807, 2.05) is 17.0 Å². The second kappa shape index (κ2) is 9.93. The van der Waals surface area contributed by atoms with Crippen LogP contribution in [-0.4, -0.2) is 58.3 Å². The van der Waals surface area contributed by atoms with Crippen LogP contribution in [-0.2, 0) is 11.0 Å². The van der Waals surface area contributed by atoms with E-state index in [-0.39, 0.29) is 12.2 Å². The van der Waals surface area contributed by atoms with E-state index < -0.39 is 17.6 Å². The van der Waals surface area contributed by atoms with Gasteiger partial charge in [0.1, 0.15) is 12.7 Å². The highest BCUT2D eigenvalue weighted by Crippen LogP contribution is 2.33. The lowest BCUT2D eigenvalue weighted by atomic mass is 10.1. The molecule has 1 aliphatic heterocycles. The topological polar surface area (TPSA) is 90.1 Å². The summed E-state index contributed by atoms with van der Waals surface area (Å²) in [6, 6.07) is 12.6. The molecule has 11 heteroatoms. The van der Waals surface area contributed by atoms with Crippen molar-refractivity contribution in [2.24, 2.45) is 0 Å². The largest absolute Gasteiger partial charge is 0.416 e. The van der Waals surface area contributed by atoms with E-state index in [4.69, 9.17) is 5.26 Å². The van der Waals surface area contributed by atoms with Crippen LogP contribution in [0.2, 0.25) is 0 Å². The number of aromatic nitrogens is 3. The third-order valence-electron chi connectivity index (χ3n) is 5.58. The Morgan fingerprint density at radius 3 is 2.56 bits per heavy atom. The lowest BCUT2D eigenvalue weighted by molar-refractivity contribution is -0.137.